The molecule has 0 aliphatic carbocycles. The molecule has 0 unspecified atom stereocenters. The number of nitrogens with one attached hydrogen (secondary N) is 1. The van der Waals surface area contributed by atoms with Crippen LogP contribution in [0.1, 0.15) is 12.8 Å². The molecule has 1 saturated heterocycles. The summed E-state index contributed by atoms with van der Waals surface area (Å²) >= 11 is 0. The van der Waals surface area contributed by atoms with Crippen molar-refractivity contribution >= 4 is 21.4 Å². The second-order valence-electron chi connectivity index (χ2n) is 6.49. The summed E-state index contributed by atoms with van der Waals surface area (Å²) in [7, 11) is -0.764. The fourth-order valence-corrected chi connectivity index (χ4v) is 4.17. The predicted molar refractivity (Wildman–Crippen MR) is 106 cm³/mol. The zero-order valence-electron chi connectivity index (χ0n) is 15.5. The van der Waals surface area contributed by atoms with Crippen LogP contribution in [0.2, 0.25) is 0 Å². The molecule has 2 aromatic rings. The summed E-state index contributed by atoms with van der Waals surface area (Å²) in [6.07, 6.45) is 1.93. The Labute approximate surface area is 160 Å². The third-order valence-electron chi connectivity index (χ3n) is 4.69. The van der Waals surface area contributed by atoms with Gasteiger partial charge < -0.3 is 20.1 Å². The van der Waals surface area contributed by atoms with Gasteiger partial charge in [0.05, 0.1) is 19.1 Å². The first-order valence-corrected chi connectivity index (χ1v) is 10.3. The minimum absolute atomic E-state index is 0.106. The highest BCUT2D eigenvalue weighted by atomic mass is 32.2. The Hall–Kier alpha value is -2.45. The number of benzene rings is 2. The Balaban J connectivity index is 1.74. The van der Waals surface area contributed by atoms with Crippen molar-refractivity contribution in [2.45, 2.75) is 23.8 Å². The molecule has 0 radical (unpaired) electrons. The van der Waals surface area contributed by atoms with E-state index in [2.05, 4.69) is 9.62 Å². The first-order chi connectivity index (χ1) is 12.9. The lowest BCUT2D eigenvalue weighted by atomic mass is 10.1. The predicted octanol–water partition coefficient (Wildman–Crippen LogP) is 2.43. The summed E-state index contributed by atoms with van der Waals surface area (Å²) in [5, 5.41) is 0. The number of rotatable bonds is 6. The monoisotopic (exact) mass is 391 g/mol. The standard InChI is InChI=1S/C19H25N3O4S/c1-25-18-8-7-17(13-19(18)26-2)27(23,24)21-15-3-5-16(6-4-15)22-11-9-14(20)10-12-22/h3-8,13-14,21H,9-12,20H2,1-2H3. The molecule has 0 amide bonds. The van der Waals surface area contributed by atoms with E-state index in [1.807, 2.05) is 12.1 Å². The van der Waals surface area contributed by atoms with Crippen molar-refractivity contribution in [2.24, 2.45) is 5.73 Å². The summed E-state index contributed by atoms with van der Waals surface area (Å²) in [6, 6.07) is 12.1. The SMILES string of the molecule is COc1ccc(S(=O)(=O)Nc2ccc(N3CCC(N)CC3)cc2)cc1OC. The van der Waals surface area contributed by atoms with Crippen molar-refractivity contribution < 1.29 is 17.9 Å². The highest BCUT2D eigenvalue weighted by molar-refractivity contribution is 7.92. The largest absolute Gasteiger partial charge is 0.493 e. The van der Waals surface area contributed by atoms with Gasteiger partial charge in [-0.2, -0.15) is 0 Å². The van der Waals surface area contributed by atoms with Crippen molar-refractivity contribution in [3.05, 3.63) is 42.5 Å². The van der Waals surface area contributed by atoms with Gasteiger partial charge in [0.1, 0.15) is 0 Å². The molecule has 0 aromatic heterocycles. The number of sulfonamides is 1. The fraction of sp³-hybridized carbons (Fsp3) is 0.368. The van der Waals surface area contributed by atoms with Crippen LogP contribution in [0, 0.1) is 0 Å². The van der Waals surface area contributed by atoms with Gasteiger partial charge in [-0.25, -0.2) is 8.42 Å². The molecule has 1 aliphatic rings. The topological polar surface area (TPSA) is 93.9 Å². The van der Waals surface area contributed by atoms with Crippen molar-refractivity contribution in [1.29, 1.82) is 0 Å². The van der Waals surface area contributed by atoms with E-state index >= 15 is 0 Å². The molecule has 1 aliphatic heterocycles. The molecular formula is C19H25N3O4S. The van der Waals surface area contributed by atoms with Gasteiger partial charge in [0.25, 0.3) is 10.0 Å². The molecule has 8 heteroatoms. The molecule has 7 nitrogen and oxygen atoms in total. The maximum absolute atomic E-state index is 12.7. The van der Waals surface area contributed by atoms with Gasteiger partial charge in [0.2, 0.25) is 0 Å². The van der Waals surface area contributed by atoms with Crippen LogP contribution < -0.4 is 24.8 Å². The van der Waals surface area contributed by atoms with E-state index in [0.29, 0.717) is 17.2 Å². The number of hydrogen-bond donors (Lipinski definition) is 2. The van der Waals surface area contributed by atoms with Crippen LogP contribution in [-0.4, -0.2) is 41.8 Å². The summed E-state index contributed by atoms with van der Waals surface area (Å²) in [6.45, 7) is 1.83. The molecule has 3 N–H and O–H groups in total. The van der Waals surface area contributed by atoms with Gasteiger partial charge in [-0.05, 0) is 49.2 Å². The summed E-state index contributed by atoms with van der Waals surface area (Å²) in [5.41, 5.74) is 7.51. The number of hydrogen-bond acceptors (Lipinski definition) is 6. The Kier molecular flexibility index (Phi) is 5.76. The maximum atomic E-state index is 12.7. The minimum atomic E-state index is -3.73. The van der Waals surface area contributed by atoms with Crippen LogP contribution in [0.25, 0.3) is 0 Å². The maximum Gasteiger partial charge on any atom is 0.262 e. The number of nitrogens with two attached hydrogens (primary N) is 1. The van der Waals surface area contributed by atoms with E-state index in [-0.39, 0.29) is 10.9 Å². The van der Waals surface area contributed by atoms with Gasteiger partial charge in [-0.15, -0.1) is 0 Å². The number of methoxy groups -OCH3 is 2. The van der Waals surface area contributed by atoms with E-state index < -0.39 is 10.0 Å². The molecule has 0 saturated carbocycles. The quantitative estimate of drug-likeness (QED) is 0.785. The lowest BCUT2D eigenvalue weighted by Gasteiger charge is -2.32. The lowest BCUT2D eigenvalue weighted by molar-refractivity contribution is 0.354. The van der Waals surface area contributed by atoms with Crippen LogP contribution in [0.15, 0.2) is 47.4 Å². The molecular weight excluding hydrogens is 366 g/mol. The number of anilines is 2. The highest BCUT2D eigenvalue weighted by Gasteiger charge is 2.19. The zero-order valence-corrected chi connectivity index (χ0v) is 16.3. The second kappa shape index (κ2) is 8.06. The zero-order chi connectivity index (χ0) is 19.4. The average Bonchev–Trinajstić information content (AvgIpc) is 2.68. The van der Waals surface area contributed by atoms with E-state index in [1.54, 1.807) is 18.2 Å². The molecule has 3 rings (SSSR count). The first-order valence-electron chi connectivity index (χ1n) is 8.78. The van der Waals surface area contributed by atoms with Gasteiger partial charge in [-0.1, -0.05) is 0 Å². The molecule has 146 valence electrons. The Morgan fingerprint density at radius 2 is 1.63 bits per heavy atom. The molecule has 0 bridgehead atoms. The van der Waals surface area contributed by atoms with Gasteiger partial charge in [-0.3, -0.25) is 4.72 Å². The van der Waals surface area contributed by atoms with Gasteiger partial charge in [0.15, 0.2) is 11.5 Å². The first kappa shape index (κ1) is 19.3. The average molecular weight is 391 g/mol. The van der Waals surface area contributed by atoms with Crippen molar-refractivity contribution in [3.63, 3.8) is 0 Å². The third-order valence-corrected chi connectivity index (χ3v) is 6.07. The molecule has 27 heavy (non-hydrogen) atoms. The van der Waals surface area contributed by atoms with Crippen LogP contribution in [-0.2, 0) is 10.0 Å². The molecule has 2 aromatic carbocycles. The van der Waals surface area contributed by atoms with E-state index in [9.17, 15) is 8.42 Å². The number of nitrogens with zero attached hydrogens (tertiary/aromatic N) is 1. The lowest BCUT2D eigenvalue weighted by Crippen LogP contribution is -2.39. The fourth-order valence-electron chi connectivity index (χ4n) is 3.10. The summed E-state index contributed by atoms with van der Waals surface area (Å²) in [5.74, 6) is 0.834. The van der Waals surface area contributed by atoms with Gasteiger partial charge in [0, 0.05) is 36.6 Å². The Morgan fingerprint density at radius 3 is 2.22 bits per heavy atom. The minimum Gasteiger partial charge on any atom is -0.493 e. The third kappa shape index (κ3) is 4.45. The molecule has 1 fully saturated rings. The van der Waals surface area contributed by atoms with Crippen LogP contribution in [0.4, 0.5) is 11.4 Å². The van der Waals surface area contributed by atoms with Gasteiger partial charge >= 0.3 is 0 Å². The van der Waals surface area contributed by atoms with E-state index in [1.165, 1.54) is 26.4 Å². The second-order valence-corrected chi connectivity index (χ2v) is 8.18. The smallest absolute Gasteiger partial charge is 0.262 e. The summed E-state index contributed by atoms with van der Waals surface area (Å²) < 4.78 is 38.2. The number of piperidine rings is 1. The van der Waals surface area contributed by atoms with Crippen LogP contribution in [0.5, 0.6) is 11.5 Å². The van der Waals surface area contributed by atoms with E-state index in [4.69, 9.17) is 15.2 Å². The summed E-state index contributed by atoms with van der Waals surface area (Å²) in [4.78, 5) is 2.37. The highest BCUT2D eigenvalue weighted by Crippen LogP contribution is 2.30. The molecule has 0 spiro atoms. The Morgan fingerprint density at radius 1 is 1.00 bits per heavy atom. The van der Waals surface area contributed by atoms with Crippen LogP contribution >= 0.6 is 0 Å². The van der Waals surface area contributed by atoms with Crippen LogP contribution in [0.3, 0.4) is 0 Å². The molecule has 0 atom stereocenters. The molecule has 1 heterocycles. The van der Waals surface area contributed by atoms with Crippen molar-refractivity contribution in [1.82, 2.24) is 0 Å². The van der Waals surface area contributed by atoms with Crippen molar-refractivity contribution in [3.8, 4) is 11.5 Å². The number of ether oxygens (including phenoxy) is 2. The van der Waals surface area contributed by atoms with E-state index in [0.717, 1.165) is 31.6 Å². The van der Waals surface area contributed by atoms with Crippen molar-refractivity contribution in [2.75, 3.05) is 36.9 Å². The normalized spacial score (nSPS) is 15.4. The Bertz CT molecular complexity index is 876.